The van der Waals surface area contributed by atoms with Gasteiger partial charge in [-0.2, -0.15) is 10.1 Å². The van der Waals surface area contributed by atoms with Gasteiger partial charge in [-0.25, -0.2) is 0 Å². The lowest BCUT2D eigenvalue weighted by molar-refractivity contribution is -0.122. The van der Waals surface area contributed by atoms with Gasteiger partial charge in [0, 0.05) is 23.6 Å². The van der Waals surface area contributed by atoms with E-state index in [1.54, 1.807) is 31.4 Å². The zero-order valence-corrected chi connectivity index (χ0v) is 13.8. The van der Waals surface area contributed by atoms with Crippen LogP contribution in [0.5, 0.6) is 5.75 Å². The van der Waals surface area contributed by atoms with Gasteiger partial charge in [-0.15, -0.1) is 0 Å². The summed E-state index contributed by atoms with van der Waals surface area (Å²) in [5, 5.41) is 16.9. The molecule has 124 valence electrons. The van der Waals surface area contributed by atoms with Gasteiger partial charge in [-0.3, -0.25) is 4.79 Å². The number of hydrogen-bond acceptors (Lipinski definition) is 4. The third kappa shape index (κ3) is 2.98. The minimum Gasteiger partial charge on any atom is -0.497 e. The standard InChI is InChI=1S/C18H24N2O3/c1-13-12-18(22,15-8-4-3-5-9-15)20(19-13)17(21)14-7-6-10-16(11-14)23-2/h6-7,10-11,15,22H,3-5,8-9,12H2,1-2H3/t18-/m0/s1. The van der Waals surface area contributed by atoms with E-state index in [4.69, 9.17) is 4.74 Å². The van der Waals surface area contributed by atoms with Crippen molar-refractivity contribution in [1.29, 1.82) is 0 Å². The fourth-order valence-corrected chi connectivity index (χ4v) is 3.73. The minimum atomic E-state index is -1.19. The summed E-state index contributed by atoms with van der Waals surface area (Å²) >= 11 is 0. The zero-order valence-electron chi connectivity index (χ0n) is 13.8. The van der Waals surface area contributed by atoms with Gasteiger partial charge >= 0.3 is 0 Å². The molecule has 0 spiro atoms. The van der Waals surface area contributed by atoms with E-state index in [0.717, 1.165) is 31.4 Å². The second-order valence-electron chi connectivity index (χ2n) is 6.57. The molecule has 1 saturated carbocycles. The predicted octanol–water partition coefficient (Wildman–Crippen LogP) is 3.19. The Morgan fingerprint density at radius 1 is 1.35 bits per heavy atom. The number of hydrazone groups is 1. The molecule has 1 atom stereocenters. The molecule has 1 heterocycles. The summed E-state index contributed by atoms with van der Waals surface area (Å²) in [6, 6.07) is 6.99. The lowest BCUT2D eigenvalue weighted by Crippen LogP contribution is -2.52. The van der Waals surface area contributed by atoms with Crippen LogP contribution in [0.4, 0.5) is 0 Å². The molecule has 1 aromatic rings. The summed E-state index contributed by atoms with van der Waals surface area (Å²) < 4.78 is 5.19. The molecule has 1 aliphatic heterocycles. The average molecular weight is 316 g/mol. The SMILES string of the molecule is COc1cccc(C(=O)N2N=C(C)C[C@]2(O)C2CCCCC2)c1. The fourth-order valence-electron chi connectivity index (χ4n) is 3.73. The third-order valence-electron chi connectivity index (χ3n) is 4.92. The Morgan fingerprint density at radius 2 is 2.09 bits per heavy atom. The fraction of sp³-hybridized carbons (Fsp3) is 0.556. The molecule has 2 aliphatic rings. The monoisotopic (exact) mass is 316 g/mol. The number of hydrogen-bond donors (Lipinski definition) is 1. The van der Waals surface area contributed by atoms with E-state index in [1.165, 1.54) is 11.4 Å². The Balaban J connectivity index is 1.89. The van der Waals surface area contributed by atoms with Crippen LogP contribution in [0.1, 0.15) is 55.8 Å². The van der Waals surface area contributed by atoms with Crippen molar-refractivity contribution in [2.24, 2.45) is 11.0 Å². The molecule has 5 nitrogen and oxygen atoms in total. The lowest BCUT2D eigenvalue weighted by Gasteiger charge is -2.40. The van der Waals surface area contributed by atoms with Crippen LogP contribution >= 0.6 is 0 Å². The van der Waals surface area contributed by atoms with Crippen LogP contribution in [-0.2, 0) is 0 Å². The predicted molar refractivity (Wildman–Crippen MR) is 88.4 cm³/mol. The molecule has 0 saturated heterocycles. The maximum absolute atomic E-state index is 12.9. The minimum absolute atomic E-state index is 0.0898. The molecule has 5 heteroatoms. The van der Waals surface area contributed by atoms with E-state index < -0.39 is 5.72 Å². The Hall–Kier alpha value is -1.88. The van der Waals surface area contributed by atoms with Gasteiger partial charge in [0.25, 0.3) is 5.91 Å². The van der Waals surface area contributed by atoms with Gasteiger partial charge in [0.15, 0.2) is 5.72 Å². The van der Waals surface area contributed by atoms with Crippen molar-refractivity contribution < 1.29 is 14.6 Å². The van der Waals surface area contributed by atoms with E-state index in [-0.39, 0.29) is 11.8 Å². The van der Waals surface area contributed by atoms with Crippen molar-refractivity contribution in [2.75, 3.05) is 7.11 Å². The van der Waals surface area contributed by atoms with Gasteiger partial charge in [-0.1, -0.05) is 25.3 Å². The van der Waals surface area contributed by atoms with Crippen LogP contribution in [0.2, 0.25) is 0 Å². The molecule has 1 amide bonds. The Bertz CT molecular complexity index is 622. The molecule has 3 rings (SSSR count). The topological polar surface area (TPSA) is 62.1 Å². The highest BCUT2D eigenvalue weighted by Gasteiger charge is 2.49. The quantitative estimate of drug-likeness (QED) is 0.931. The normalized spacial score (nSPS) is 25.3. The second kappa shape index (κ2) is 6.32. The Kier molecular flexibility index (Phi) is 4.39. The lowest BCUT2D eigenvalue weighted by atomic mass is 9.79. The van der Waals surface area contributed by atoms with Crippen molar-refractivity contribution in [3.05, 3.63) is 29.8 Å². The van der Waals surface area contributed by atoms with E-state index in [1.807, 2.05) is 6.92 Å². The summed E-state index contributed by atoms with van der Waals surface area (Å²) in [5.74, 6) is 0.442. The second-order valence-corrected chi connectivity index (χ2v) is 6.57. The van der Waals surface area contributed by atoms with Crippen molar-refractivity contribution in [1.82, 2.24) is 5.01 Å². The molecular weight excluding hydrogens is 292 g/mol. The molecule has 0 radical (unpaired) electrons. The van der Waals surface area contributed by atoms with Crippen LogP contribution < -0.4 is 4.74 Å². The van der Waals surface area contributed by atoms with Crippen LogP contribution in [0.25, 0.3) is 0 Å². The Morgan fingerprint density at radius 3 is 2.78 bits per heavy atom. The van der Waals surface area contributed by atoms with Crippen molar-refractivity contribution in [3.63, 3.8) is 0 Å². The average Bonchev–Trinajstić information content (AvgIpc) is 2.91. The number of nitrogens with zero attached hydrogens (tertiary/aromatic N) is 2. The number of carbonyl (C=O) groups excluding carboxylic acids is 1. The van der Waals surface area contributed by atoms with Crippen molar-refractivity contribution >= 4 is 11.6 Å². The first kappa shape index (κ1) is 16.0. The summed E-state index contributed by atoms with van der Waals surface area (Å²) in [5.41, 5.74) is 0.0938. The van der Waals surface area contributed by atoms with E-state index in [9.17, 15) is 9.90 Å². The number of aliphatic hydroxyl groups is 1. The van der Waals surface area contributed by atoms with Crippen molar-refractivity contribution in [2.45, 2.75) is 51.2 Å². The Labute approximate surface area is 136 Å². The highest BCUT2D eigenvalue weighted by atomic mass is 16.5. The molecule has 0 aromatic heterocycles. The van der Waals surface area contributed by atoms with Gasteiger partial charge in [0.2, 0.25) is 0 Å². The first-order valence-electron chi connectivity index (χ1n) is 8.29. The van der Waals surface area contributed by atoms with Gasteiger partial charge in [0.05, 0.1) is 7.11 Å². The number of methoxy groups -OCH3 is 1. The van der Waals surface area contributed by atoms with Gasteiger partial charge in [0.1, 0.15) is 5.75 Å². The third-order valence-corrected chi connectivity index (χ3v) is 4.92. The van der Waals surface area contributed by atoms with Crippen molar-refractivity contribution in [3.8, 4) is 5.75 Å². The molecule has 1 fully saturated rings. The highest BCUT2D eigenvalue weighted by Crippen LogP contribution is 2.41. The van der Waals surface area contributed by atoms with Crippen LogP contribution in [0, 0.1) is 5.92 Å². The maximum atomic E-state index is 12.9. The molecule has 0 bridgehead atoms. The van der Waals surface area contributed by atoms with Crippen LogP contribution in [0.3, 0.4) is 0 Å². The molecule has 1 N–H and O–H groups in total. The van der Waals surface area contributed by atoms with Crippen LogP contribution in [0.15, 0.2) is 29.4 Å². The summed E-state index contributed by atoms with van der Waals surface area (Å²) in [6.07, 6.45) is 5.74. The molecule has 1 aromatic carbocycles. The summed E-state index contributed by atoms with van der Waals surface area (Å²) in [7, 11) is 1.57. The van der Waals surface area contributed by atoms with E-state index in [0.29, 0.717) is 17.7 Å². The van der Waals surface area contributed by atoms with Gasteiger partial charge in [-0.05, 0) is 38.0 Å². The summed E-state index contributed by atoms with van der Waals surface area (Å²) in [6.45, 7) is 1.87. The number of benzene rings is 1. The number of rotatable bonds is 3. The molecule has 1 aliphatic carbocycles. The zero-order chi connectivity index (χ0) is 16.4. The maximum Gasteiger partial charge on any atom is 0.276 e. The van der Waals surface area contributed by atoms with Crippen LogP contribution in [-0.4, -0.2) is 34.6 Å². The number of carbonyl (C=O) groups is 1. The first-order valence-corrected chi connectivity index (χ1v) is 8.29. The smallest absolute Gasteiger partial charge is 0.276 e. The number of amides is 1. The largest absolute Gasteiger partial charge is 0.497 e. The number of ether oxygens (including phenoxy) is 1. The van der Waals surface area contributed by atoms with Gasteiger partial charge < -0.3 is 9.84 Å². The molecule has 0 unspecified atom stereocenters. The molecular formula is C18H24N2O3. The molecule has 23 heavy (non-hydrogen) atoms. The highest BCUT2D eigenvalue weighted by molar-refractivity contribution is 5.98. The summed E-state index contributed by atoms with van der Waals surface area (Å²) in [4.78, 5) is 12.9. The van der Waals surface area contributed by atoms with E-state index in [2.05, 4.69) is 5.10 Å². The first-order chi connectivity index (χ1) is 11.0. The van der Waals surface area contributed by atoms with E-state index >= 15 is 0 Å².